The molecular formula is C8H17NO. The van der Waals surface area contributed by atoms with Gasteiger partial charge in [0.1, 0.15) is 0 Å². The highest BCUT2D eigenvalue weighted by atomic mass is 16.5. The lowest BCUT2D eigenvalue weighted by molar-refractivity contribution is 0.168. The van der Waals surface area contributed by atoms with Crippen molar-refractivity contribution in [1.29, 1.82) is 0 Å². The first-order valence-electron chi connectivity index (χ1n) is 3.98. The van der Waals surface area contributed by atoms with Crippen LogP contribution in [0, 0.1) is 0 Å². The second kappa shape index (κ2) is 2.89. The van der Waals surface area contributed by atoms with Gasteiger partial charge < -0.3 is 10.1 Å². The monoisotopic (exact) mass is 143 g/mol. The van der Waals surface area contributed by atoms with Gasteiger partial charge >= 0.3 is 0 Å². The molecule has 0 aromatic rings. The van der Waals surface area contributed by atoms with Crippen molar-refractivity contribution in [2.45, 2.75) is 38.8 Å². The van der Waals surface area contributed by atoms with E-state index in [2.05, 4.69) is 26.1 Å². The molecule has 0 saturated carbocycles. The van der Waals surface area contributed by atoms with Crippen LogP contribution < -0.4 is 5.32 Å². The highest BCUT2D eigenvalue weighted by Gasteiger charge is 2.29. The highest BCUT2D eigenvalue weighted by Crippen LogP contribution is 2.17. The summed E-state index contributed by atoms with van der Waals surface area (Å²) >= 11 is 0. The maximum absolute atomic E-state index is 5.30. The van der Waals surface area contributed by atoms with Crippen LogP contribution >= 0.6 is 0 Å². The Bertz CT molecular complexity index is 106. The third-order valence-corrected chi connectivity index (χ3v) is 1.86. The molecule has 1 N–H and O–H groups in total. The third kappa shape index (κ3) is 1.96. The minimum Gasteiger partial charge on any atom is -0.379 e. The number of nitrogens with one attached hydrogen (secondary N) is 1. The molecule has 0 aliphatic carbocycles. The van der Waals surface area contributed by atoms with E-state index >= 15 is 0 Å². The van der Waals surface area contributed by atoms with Crippen LogP contribution in [0.4, 0.5) is 0 Å². The summed E-state index contributed by atoms with van der Waals surface area (Å²) in [5.41, 5.74) is 0.244. The molecule has 1 unspecified atom stereocenters. The van der Waals surface area contributed by atoms with Crippen LogP contribution in [0.2, 0.25) is 0 Å². The summed E-state index contributed by atoms with van der Waals surface area (Å²) in [5.74, 6) is 0. The molecule has 1 rings (SSSR count). The van der Waals surface area contributed by atoms with E-state index in [1.165, 1.54) is 0 Å². The molecule has 1 heterocycles. The molecule has 1 fully saturated rings. The Labute approximate surface area is 63.0 Å². The molecule has 1 saturated heterocycles. The molecule has 1 aliphatic heterocycles. The van der Waals surface area contributed by atoms with Gasteiger partial charge in [0.05, 0.1) is 6.61 Å². The van der Waals surface area contributed by atoms with E-state index in [0.29, 0.717) is 6.04 Å². The topological polar surface area (TPSA) is 21.3 Å². The Balaban J connectivity index is 2.36. The van der Waals surface area contributed by atoms with Crippen molar-refractivity contribution >= 4 is 0 Å². The lowest BCUT2D eigenvalue weighted by atomic mass is 10.0. The van der Waals surface area contributed by atoms with E-state index in [4.69, 9.17) is 4.74 Å². The first-order valence-corrected chi connectivity index (χ1v) is 3.98. The zero-order chi connectivity index (χ0) is 7.61. The third-order valence-electron chi connectivity index (χ3n) is 1.86. The molecule has 2 heteroatoms. The molecule has 0 aromatic heterocycles. The van der Waals surface area contributed by atoms with Crippen LogP contribution in [-0.2, 0) is 4.74 Å². The number of hydrogen-bond acceptors (Lipinski definition) is 2. The zero-order valence-corrected chi connectivity index (χ0v) is 7.11. The quantitative estimate of drug-likeness (QED) is 0.626. The lowest BCUT2D eigenvalue weighted by Crippen LogP contribution is -2.46. The Hall–Kier alpha value is -0.0800. The van der Waals surface area contributed by atoms with Crippen LogP contribution in [0.15, 0.2) is 0 Å². The summed E-state index contributed by atoms with van der Waals surface area (Å²) in [4.78, 5) is 0. The maximum Gasteiger partial charge on any atom is 0.0646 e. The van der Waals surface area contributed by atoms with Gasteiger partial charge in [-0.3, -0.25) is 0 Å². The summed E-state index contributed by atoms with van der Waals surface area (Å²) in [7, 11) is 0. The van der Waals surface area contributed by atoms with Gasteiger partial charge in [0.2, 0.25) is 0 Å². The Morgan fingerprint density at radius 1 is 1.50 bits per heavy atom. The standard InChI is InChI=1S/C8H17NO/c1-7(2)9-8(3)4-5-10-6-8/h7,9H,4-6H2,1-3H3. The fraction of sp³-hybridized carbons (Fsp3) is 1.00. The average Bonchev–Trinajstić information content (AvgIpc) is 2.12. The van der Waals surface area contributed by atoms with E-state index < -0.39 is 0 Å². The molecule has 1 aliphatic rings. The van der Waals surface area contributed by atoms with Crippen molar-refractivity contribution in [3.05, 3.63) is 0 Å². The lowest BCUT2D eigenvalue weighted by Gasteiger charge is -2.26. The summed E-state index contributed by atoms with van der Waals surface area (Å²) in [6.45, 7) is 8.34. The van der Waals surface area contributed by atoms with E-state index in [-0.39, 0.29) is 5.54 Å². The second-order valence-electron chi connectivity index (χ2n) is 3.66. The summed E-state index contributed by atoms with van der Waals surface area (Å²) < 4.78 is 5.30. The predicted octanol–water partition coefficient (Wildman–Crippen LogP) is 1.16. The first-order chi connectivity index (χ1) is 4.62. The fourth-order valence-electron chi connectivity index (χ4n) is 1.48. The first kappa shape index (κ1) is 8.02. The van der Waals surface area contributed by atoms with E-state index in [9.17, 15) is 0 Å². The van der Waals surface area contributed by atoms with Gasteiger partial charge in [-0.2, -0.15) is 0 Å². The molecule has 1 atom stereocenters. The van der Waals surface area contributed by atoms with Crippen molar-refractivity contribution in [3.63, 3.8) is 0 Å². The van der Waals surface area contributed by atoms with Crippen molar-refractivity contribution in [1.82, 2.24) is 5.32 Å². The van der Waals surface area contributed by atoms with Gasteiger partial charge in [-0.1, -0.05) is 13.8 Å². The minimum atomic E-state index is 0.244. The van der Waals surface area contributed by atoms with Crippen molar-refractivity contribution in [2.24, 2.45) is 0 Å². The molecule has 0 amide bonds. The molecule has 0 spiro atoms. The molecule has 2 nitrogen and oxygen atoms in total. The number of hydrogen-bond donors (Lipinski definition) is 1. The van der Waals surface area contributed by atoms with E-state index in [1.807, 2.05) is 0 Å². The average molecular weight is 143 g/mol. The van der Waals surface area contributed by atoms with Gasteiger partial charge in [-0.15, -0.1) is 0 Å². The van der Waals surface area contributed by atoms with Crippen molar-refractivity contribution < 1.29 is 4.74 Å². The van der Waals surface area contributed by atoms with Crippen LogP contribution in [0.5, 0.6) is 0 Å². The molecular weight excluding hydrogens is 126 g/mol. The molecule has 0 aromatic carbocycles. The zero-order valence-electron chi connectivity index (χ0n) is 7.11. The van der Waals surface area contributed by atoms with E-state index in [1.54, 1.807) is 0 Å². The van der Waals surface area contributed by atoms with Gasteiger partial charge in [-0.25, -0.2) is 0 Å². The van der Waals surface area contributed by atoms with Gasteiger partial charge in [0, 0.05) is 18.2 Å². The van der Waals surface area contributed by atoms with Crippen molar-refractivity contribution in [3.8, 4) is 0 Å². The highest BCUT2D eigenvalue weighted by molar-refractivity contribution is 4.87. The Morgan fingerprint density at radius 3 is 2.60 bits per heavy atom. The van der Waals surface area contributed by atoms with Gasteiger partial charge in [-0.05, 0) is 13.3 Å². The van der Waals surface area contributed by atoms with Gasteiger partial charge in [0.15, 0.2) is 0 Å². The fourth-order valence-corrected chi connectivity index (χ4v) is 1.48. The maximum atomic E-state index is 5.30. The normalized spacial score (nSPS) is 33.6. The van der Waals surface area contributed by atoms with Crippen LogP contribution in [0.1, 0.15) is 27.2 Å². The minimum absolute atomic E-state index is 0.244. The summed E-state index contributed by atoms with van der Waals surface area (Å²) in [6.07, 6.45) is 1.14. The summed E-state index contributed by atoms with van der Waals surface area (Å²) in [6, 6.07) is 0.562. The number of rotatable bonds is 2. The smallest absolute Gasteiger partial charge is 0.0646 e. The molecule has 10 heavy (non-hydrogen) atoms. The second-order valence-corrected chi connectivity index (χ2v) is 3.66. The molecule has 60 valence electrons. The number of ether oxygens (including phenoxy) is 1. The van der Waals surface area contributed by atoms with Crippen LogP contribution in [0.25, 0.3) is 0 Å². The SMILES string of the molecule is CC(C)NC1(C)CCOC1. The predicted molar refractivity (Wildman–Crippen MR) is 42.1 cm³/mol. The largest absolute Gasteiger partial charge is 0.379 e. The Kier molecular flexibility index (Phi) is 2.32. The summed E-state index contributed by atoms with van der Waals surface area (Å²) in [5, 5.41) is 3.49. The van der Waals surface area contributed by atoms with Crippen LogP contribution in [-0.4, -0.2) is 24.8 Å². The Morgan fingerprint density at radius 2 is 2.20 bits per heavy atom. The van der Waals surface area contributed by atoms with Crippen molar-refractivity contribution in [2.75, 3.05) is 13.2 Å². The van der Waals surface area contributed by atoms with Gasteiger partial charge in [0.25, 0.3) is 0 Å². The molecule has 0 bridgehead atoms. The molecule has 0 radical (unpaired) electrons. The van der Waals surface area contributed by atoms with Crippen LogP contribution in [0.3, 0.4) is 0 Å². The van der Waals surface area contributed by atoms with E-state index in [0.717, 1.165) is 19.6 Å².